The van der Waals surface area contributed by atoms with Crippen molar-refractivity contribution in [2.75, 3.05) is 25.6 Å². The topological polar surface area (TPSA) is 146 Å². The Morgan fingerprint density at radius 2 is 2.03 bits per heavy atom. The molecule has 212 valence electrons. The second-order valence-corrected chi connectivity index (χ2v) is 12.2. The third-order valence-corrected chi connectivity index (χ3v) is 10.0. The molecule has 0 bridgehead atoms. The third kappa shape index (κ3) is 4.89. The number of carbonyl (C=O) groups excluding carboxylic acids is 1. The molecule has 0 aromatic carbocycles. The largest absolute Gasteiger partial charge is 0.485 e. The maximum Gasteiger partial charge on any atom is 0.340 e. The Morgan fingerprint density at radius 1 is 1.31 bits per heavy atom. The van der Waals surface area contributed by atoms with Crippen LogP contribution in [0.1, 0.15) is 35.9 Å². The van der Waals surface area contributed by atoms with Gasteiger partial charge < -0.3 is 16.2 Å². The van der Waals surface area contributed by atoms with Crippen molar-refractivity contribution in [3.05, 3.63) is 41.6 Å². The quantitative estimate of drug-likeness (QED) is 0.460. The van der Waals surface area contributed by atoms with Gasteiger partial charge in [-0.2, -0.15) is 8.78 Å². The number of amidine groups is 1. The molecule has 0 saturated heterocycles. The number of hydrogen-bond acceptors (Lipinski definition) is 8. The molecule has 16 heteroatoms. The molecule has 0 radical (unpaired) electrons. The van der Waals surface area contributed by atoms with Crippen molar-refractivity contribution in [1.29, 1.82) is 0 Å². The SMILES string of the molecule is C[C@@]12CCCN=S1(=O)C[C@@](CF)(c1nc(-c3cc(OCC(F)(F)C(F)F)cnc3C(N)=O)ccc1F)N=C2N. The minimum absolute atomic E-state index is 0.165. The number of pyridine rings is 2. The molecule has 1 unspecified atom stereocenters. The summed E-state index contributed by atoms with van der Waals surface area (Å²) in [7, 11) is -3.22. The van der Waals surface area contributed by atoms with Crippen molar-refractivity contribution in [3.8, 4) is 17.0 Å². The van der Waals surface area contributed by atoms with Crippen molar-refractivity contribution in [2.24, 2.45) is 20.8 Å². The molecule has 4 heterocycles. The van der Waals surface area contributed by atoms with E-state index in [1.54, 1.807) is 6.92 Å². The summed E-state index contributed by atoms with van der Waals surface area (Å²) in [5.41, 5.74) is 7.86. The fourth-order valence-corrected chi connectivity index (χ4v) is 7.34. The van der Waals surface area contributed by atoms with Gasteiger partial charge in [-0.1, -0.05) is 0 Å². The van der Waals surface area contributed by atoms with Crippen molar-refractivity contribution in [1.82, 2.24) is 9.97 Å². The fraction of sp³-hybridized carbons (Fsp3) is 0.478. The minimum atomic E-state index is -4.48. The van der Waals surface area contributed by atoms with E-state index < -0.39 is 80.3 Å². The number of aliphatic imine (C=N–C) groups is 1. The van der Waals surface area contributed by atoms with Crippen molar-refractivity contribution < 1.29 is 40.1 Å². The number of nitrogens with zero attached hydrogens (tertiary/aromatic N) is 4. The van der Waals surface area contributed by atoms with Crippen LogP contribution < -0.4 is 16.2 Å². The average Bonchev–Trinajstić information content (AvgIpc) is 2.88. The second kappa shape index (κ2) is 9.95. The summed E-state index contributed by atoms with van der Waals surface area (Å²) in [5, 5.41) is 0. The van der Waals surface area contributed by atoms with Crippen molar-refractivity contribution >= 4 is 21.5 Å². The molecule has 3 atom stereocenters. The lowest BCUT2D eigenvalue weighted by molar-refractivity contribution is -0.148. The van der Waals surface area contributed by atoms with E-state index in [-0.39, 0.29) is 23.6 Å². The summed E-state index contributed by atoms with van der Waals surface area (Å²) >= 11 is 0. The summed E-state index contributed by atoms with van der Waals surface area (Å²) in [5.74, 6) is -7.75. The summed E-state index contributed by atoms with van der Waals surface area (Å²) in [6.45, 7) is -1.21. The van der Waals surface area contributed by atoms with Crippen LogP contribution in [0, 0.1) is 5.82 Å². The van der Waals surface area contributed by atoms with Gasteiger partial charge in [-0.15, -0.1) is 0 Å². The molecule has 39 heavy (non-hydrogen) atoms. The number of alkyl halides is 5. The van der Waals surface area contributed by atoms with Crippen LogP contribution in [-0.2, 0) is 15.3 Å². The number of aromatic nitrogens is 2. The van der Waals surface area contributed by atoms with Gasteiger partial charge in [-0.3, -0.25) is 9.79 Å². The van der Waals surface area contributed by atoms with E-state index in [9.17, 15) is 31.0 Å². The van der Waals surface area contributed by atoms with E-state index in [4.69, 9.17) is 16.2 Å². The molecular formula is C23H24F6N6O3S. The molecule has 4 rings (SSSR count). The van der Waals surface area contributed by atoms with E-state index in [1.165, 1.54) is 0 Å². The van der Waals surface area contributed by atoms with Gasteiger partial charge in [-0.25, -0.2) is 36.1 Å². The monoisotopic (exact) mass is 578 g/mol. The summed E-state index contributed by atoms with van der Waals surface area (Å²) in [6.07, 6.45) is -2.23. The van der Waals surface area contributed by atoms with Crippen molar-refractivity contribution in [3.63, 3.8) is 0 Å². The van der Waals surface area contributed by atoms with E-state index in [1.807, 2.05) is 0 Å². The summed E-state index contributed by atoms with van der Waals surface area (Å²) in [6, 6.07) is 2.91. The van der Waals surface area contributed by atoms with Gasteiger partial charge in [0.25, 0.3) is 5.91 Å². The number of ether oxygens (including phenoxy) is 1. The zero-order valence-electron chi connectivity index (χ0n) is 20.5. The van der Waals surface area contributed by atoms with Crippen LogP contribution in [0.5, 0.6) is 5.75 Å². The summed E-state index contributed by atoms with van der Waals surface area (Å²) < 4.78 is 103. The zero-order valence-corrected chi connectivity index (χ0v) is 21.3. The third-order valence-electron chi connectivity index (χ3n) is 6.76. The first-order chi connectivity index (χ1) is 18.2. The molecule has 4 N–H and O–H groups in total. The normalized spacial score (nSPS) is 26.9. The van der Waals surface area contributed by atoms with Crippen LogP contribution in [0.3, 0.4) is 0 Å². The molecule has 9 nitrogen and oxygen atoms in total. The molecule has 2 aliphatic rings. The van der Waals surface area contributed by atoms with Crippen LogP contribution >= 0.6 is 0 Å². The number of halogens is 6. The lowest BCUT2D eigenvalue weighted by Gasteiger charge is -2.44. The molecule has 2 aromatic heterocycles. The highest BCUT2D eigenvalue weighted by Gasteiger charge is 2.54. The van der Waals surface area contributed by atoms with Gasteiger partial charge in [0.05, 0.1) is 27.4 Å². The number of nitrogens with two attached hydrogens (primary N) is 2. The van der Waals surface area contributed by atoms with Crippen molar-refractivity contribution in [2.45, 2.75) is 42.4 Å². The highest BCUT2D eigenvalue weighted by Crippen LogP contribution is 2.43. The highest BCUT2D eigenvalue weighted by atomic mass is 32.2. The Labute approximate surface area is 219 Å². The Morgan fingerprint density at radius 3 is 2.67 bits per heavy atom. The van der Waals surface area contributed by atoms with Gasteiger partial charge in [0.1, 0.15) is 45.8 Å². The van der Waals surface area contributed by atoms with Crippen LogP contribution in [-0.4, -0.2) is 68.6 Å². The Hall–Kier alpha value is -3.43. The Balaban J connectivity index is 1.83. The van der Waals surface area contributed by atoms with E-state index in [2.05, 4.69) is 19.3 Å². The highest BCUT2D eigenvalue weighted by molar-refractivity contribution is 7.95. The van der Waals surface area contributed by atoms with Crippen LogP contribution in [0.2, 0.25) is 0 Å². The molecule has 1 amide bonds. The van der Waals surface area contributed by atoms with Crippen LogP contribution in [0.4, 0.5) is 26.3 Å². The fourth-order valence-electron chi connectivity index (χ4n) is 4.46. The number of primary amides is 1. The number of fused-ring (bicyclic) bond motifs is 1. The standard InChI is InChI=1S/C23H24F6N6O3S/c1-21-5-2-6-33-39(21,37)11-22(9-24,35-20(21)31)17-14(25)3-4-15(34-17)13-7-12(8-32-16(13)18(30)36)38-10-23(28,29)19(26)27/h3-4,7-8,19H,2,5-6,9-11H2,1H3,(H2,30,36)(H2,31,35)/t21-,22-,39?/m0/s1. The molecular weight excluding hydrogens is 554 g/mol. The molecule has 0 spiro atoms. The molecule has 2 aliphatic heterocycles. The van der Waals surface area contributed by atoms with Gasteiger partial charge in [0, 0.05) is 12.1 Å². The maximum absolute atomic E-state index is 15.2. The van der Waals surface area contributed by atoms with E-state index >= 15 is 4.39 Å². The maximum atomic E-state index is 15.2. The lowest BCUT2D eigenvalue weighted by Crippen LogP contribution is -2.59. The number of rotatable bonds is 8. The zero-order chi connectivity index (χ0) is 28.8. The van der Waals surface area contributed by atoms with E-state index in [0.29, 0.717) is 12.8 Å². The Kier molecular flexibility index (Phi) is 7.29. The van der Waals surface area contributed by atoms with Gasteiger partial charge in [0.2, 0.25) is 0 Å². The predicted molar refractivity (Wildman–Crippen MR) is 130 cm³/mol. The second-order valence-electron chi connectivity index (χ2n) is 9.44. The molecule has 0 fully saturated rings. The average molecular weight is 579 g/mol. The molecule has 2 aromatic rings. The lowest BCUT2D eigenvalue weighted by atomic mass is 9.95. The minimum Gasteiger partial charge on any atom is -0.485 e. The first kappa shape index (κ1) is 28.6. The first-order valence-electron chi connectivity index (χ1n) is 11.6. The number of carbonyl (C=O) groups is 1. The predicted octanol–water partition coefficient (Wildman–Crippen LogP) is 3.22. The summed E-state index contributed by atoms with van der Waals surface area (Å²) in [4.78, 5) is 24.1. The molecule has 0 saturated carbocycles. The van der Waals surface area contributed by atoms with Gasteiger partial charge in [0.15, 0.2) is 6.61 Å². The molecule has 0 aliphatic carbocycles. The smallest absolute Gasteiger partial charge is 0.340 e. The van der Waals surface area contributed by atoms with Crippen LogP contribution in [0.15, 0.2) is 33.8 Å². The number of amides is 1. The van der Waals surface area contributed by atoms with E-state index in [0.717, 1.165) is 24.4 Å². The Bertz CT molecular complexity index is 1460. The first-order valence-corrected chi connectivity index (χ1v) is 13.2. The van der Waals surface area contributed by atoms with Gasteiger partial charge >= 0.3 is 12.3 Å². The number of hydrogen-bond donors (Lipinski definition) is 2. The van der Waals surface area contributed by atoms with Crippen LogP contribution in [0.25, 0.3) is 11.3 Å². The van der Waals surface area contributed by atoms with Gasteiger partial charge in [-0.05, 0) is 38.0 Å².